The van der Waals surface area contributed by atoms with Gasteiger partial charge in [-0.05, 0) is 0 Å². The second-order valence-electron chi connectivity index (χ2n) is 6.61. The zero-order chi connectivity index (χ0) is 18.1. The third kappa shape index (κ3) is 4.99. The number of carbonyl (C=O) groups excluding carboxylic acids is 2. The summed E-state index contributed by atoms with van der Waals surface area (Å²) in [7, 11) is -2.16. The van der Waals surface area contributed by atoms with Crippen molar-refractivity contribution in [3.8, 4) is 0 Å². The third-order valence-electron chi connectivity index (χ3n) is 2.47. The maximum atomic E-state index is 12.7. The first-order valence-corrected chi connectivity index (χ1v) is 11.9. The van der Waals surface area contributed by atoms with Crippen molar-refractivity contribution in [1.82, 2.24) is 0 Å². The van der Waals surface area contributed by atoms with Crippen molar-refractivity contribution in [3.63, 3.8) is 0 Å². The molecular formula is C14H21O7PS. The van der Waals surface area contributed by atoms with E-state index in [4.69, 9.17) is 3.97 Å². The van der Waals surface area contributed by atoms with E-state index in [0.717, 1.165) is 14.2 Å². The minimum absolute atomic E-state index is 0.282. The number of methoxy groups -OCH3 is 2. The van der Waals surface area contributed by atoms with Gasteiger partial charge < -0.3 is 0 Å². The molecule has 0 aromatic heterocycles. The van der Waals surface area contributed by atoms with E-state index in [1.54, 1.807) is 26.7 Å². The van der Waals surface area contributed by atoms with Crippen LogP contribution < -0.4 is 0 Å². The molecule has 0 heterocycles. The Balaban J connectivity index is 3.72. The molecule has 1 aromatic rings. The van der Waals surface area contributed by atoms with Crippen LogP contribution in [0, 0.1) is 0 Å². The van der Waals surface area contributed by atoms with Gasteiger partial charge in [0.1, 0.15) is 0 Å². The normalized spacial score (nSPS) is 13.7. The van der Waals surface area contributed by atoms with Gasteiger partial charge in [0.25, 0.3) is 0 Å². The van der Waals surface area contributed by atoms with Crippen molar-refractivity contribution in [3.05, 3.63) is 29.3 Å². The Kier molecular flexibility index (Phi) is 5.26. The quantitative estimate of drug-likeness (QED) is 0.582. The summed E-state index contributed by atoms with van der Waals surface area (Å²) >= 11 is 0. The molecule has 0 atom stereocenters. The summed E-state index contributed by atoms with van der Waals surface area (Å²) in [5, 5.41) is 0. The van der Waals surface area contributed by atoms with E-state index in [2.05, 4.69) is 9.47 Å². The zero-order valence-electron chi connectivity index (χ0n) is 13.9. The third-order valence-corrected chi connectivity index (χ3v) is 6.58. The first kappa shape index (κ1) is 19.5. The summed E-state index contributed by atoms with van der Waals surface area (Å²) in [6.07, 6.45) is 0. The van der Waals surface area contributed by atoms with Crippen molar-refractivity contribution in [2.45, 2.75) is 4.90 Å². The molecule has 1 rings (SSSR count). The van der Waals surface area contributed by atoms with Crippen LogP contribution in [0.1, 0.15) is 20.7 Å². The second kappa shape index (κ2) is 6.19. The molecule has 0 aliphatic rings. The zero-order valence-corrected chi connectivity index (χ0v) is 15.7. The van der Waals surface area contributed by atoms with Crippen LogP contribution in [-0.4, -0.2) is 61.2 Å². The molecule has 0 aliphatic heterocycles. The number of hydrogen-bond acceptors (Lipinski definition) is 7. The Bertz CT molecular complexity index is 701. The van der Waals surface area contributed by atoms with Gasteiger partial charge in [-0.3, -0.25) is 0 Å². The van der Waals surface area contributed by atoms with Crippen molar-refractivity contribution >= 4 is 28.9 Å². The molecule has 130 valence electrons. The molecule has 0 N–H and O–H groups in total. The predicted molar refractivity (Wildman–Crippen MR) is 88.0 cm³/mol. The van der Waals surface area contributed by atoms with Crippen LogP contribution in [-0.2, 0) is 23.6 Å². The van der Waals surface area contributed by atoms with E-state index in [-0.39, 0.29) is 11.1 Å². The van der Waals surface area contributed by atoms with Crippen LogP contribution in [0.4, 0.5) is 0 Å². The number of carbonyl (C=O) groups is 2. The van der Waals surface area contributed by atoms with Crippen LogP contribution in [0.25, 0.3) is 0 Å². The molecular weight excluding hydrogens is 343 g/mol. The van der Waals surface area contributed by atoms with Gasteiger partial charge in [0.15, 0.2) is 0 Å². The molecule has 0 fully saturated rings. The Morgan fingerprint density at radius 1 is 0.913 bits per heavy atom. The maximum absolute atomic E-state index is 12.7. The molecule has 23 heavy (non-hydrogen) atoms. The van der Waals surface area contributed by atoms with Gasteiger partial charge in [-0.15, -0.1) is 0 Å². The molecule has 0 unspecified atom stereocenters. The van der Waals surface area contributed by atoms with Crippen LogP contribution in [0.5, 0.6) is 0 Å². The molecule has 7 nitrogen and oxygen atoms in total. The number of rotatable bonds is 5. The summed E-state index contributed by atoms with van der Waals surface area (Å²) in [5.41, 5.74) is -0.563. The summed E-state index contributed by atoms with van der Waals surface area (Å²) in [5.74, 6) is -1.78. The first-order chi connectivity index (χ1) is 10.3. The van der Waals surface area contributed by atoms with Crippen LogP contribution >= 0.6 is 6.83 Å². The number of benzene rings is 1. The number of ether oxygens (including phenoxy) is 2. The molecule has 0 saturated carbocycles. The first-order valence-electron chi connectivity index (χ1n) is 6.55. The van der Waals surface area contributed by atoms with E-state index in [1.807, 2.05) is 0 Å². The van der Waals surface area contributed by atoms with E-state index in [0.29, 0.717) is 0 Å². The fraction of sp³-hybridized carbons (Fsp3) is 0.429. The molecule has 0 amide bonds. The van der Waals surface area contributed by atoms with Gasteiger partial charge in [0, 0.05) is 0 Å². The minimum atomic E-state index is -4.39. The van der Waals surface area contributed by atoms with E-state index in [9.17, 15) is 18.0 Å². The second-order valence-corrected chi connectivity index (χ2v) is 15.3. The summed E-state index contributed by atoms with van der Waals surface area (Å²) in [6.45, 7) is 3.76. The van der Waals surface area contributed by atoms with E-state index in [1.165, 1.54) is 18.2 Å². The molecule has 0 radical (unpaired) electrons. The van der Waals surface area contributed by atoms with Gasteiger partial charge >= 0.3 is 135 Å². The van der Waals surface area contributed by atoms with E-state index < -0.39 is 33.8 Å². The Morgan fingerprint density at radius 3 is 1.61 bits per heavy atom. The molecule has 0 bridgehead atoms. The Labute approximate surface area is 136 Å². The van der Waals surface area contributed by atoms with Gasteiger partial charge in [0.2, 0.25) is 0 Å². The van der Waals surface area contributed by atoms with Gasteiger partial charge in [0.05, 0.1) is 0 Å². The fourth-order valence-corrected chi connectivity index (χ4v) is 6.06. The Morgan fingerprint density at radius 2 is 1.30 bits per heavy atom. The number of hydrogen-bond donors (Lipinski definition) is 0. The average molecular weight is 364 g/mol. The predicted octanol–water partition coefficient (Wildman–Crippen LogP) is 1.95. The standard InChI is InChI=1S/C14H21O7PS/c1-19-13(15)10-8-7-9-11(14(16)20-2)12(10)23(17,18)21-22(3,4,5)6/h7-9H,1-6H3. The SMILES string of the molecule is COC(=O)c1cccc(C(=O)OC)c1S(=O)(=O)OP(C)(C)(C)C. The van der Waals surface area contributed by atoms with Gasteiger partial charge in [-0.1, -0.05) is 0 Å². The molecule has 1 aromatic carbocycles. The van der Waals surface area contributed by atoms with E-state index >= 15 is 0 Å². The van der Waals surface area contributed by atoms with Crippen molar-refractivity contribution in [2.75, 3.05) is 40.9 Å². The average Bonchev–Trinajstić information content (AvgIpc) is 2.41. The number of esters is 2. The Hall–Kier alpha value is -1.50. The summed E-state index contributed by atoms with van der Waals surface area (Å²) in [4.78, 5) is 23.3. The fourth-order valence-electron chi connectivity index (χ4n) is 1.78. The van der Waals surface area contributed by atoms with Crippen molar-refractivity contribution < 1.29 is 31.5 Å². The molecule has 9 heteroatoms. The van der Waals surface area contributed by atoms with Crippen LogP contribution in [0.15, 0.2) is 23.1 Å². The van der Waals surface area contributed by atoms with Crippen LogP contribution in [0.2, 0.25) is 0 Å². The summed E-state index contributed by atoms with van der Waals surface area (Å²) < 4.78 is 40.0. The van der Waals surface area contributed by atoms with Gasteiger partial charge in [-0.2, -0.15) is 0 Å². The van der Waals surface area contributed by atoms with Gasteiger partial charge in [-0.25, -0.2) is 0 Å². The van der Waals surface area contributed by atoms with Crippen molar-refractivity contribution in [1.29, 1.82) is 0 Å². The molecule has 0 aliphatic carbocycles. The summed E-state index contributed by atoms with van der Waals surface area (Å²) in [6, 6.07) is 3.87. The molecule has 0 spiro atoms. The molecule has 0 saturated heterocycles. The topological polar surface area (TPSA) is 96.0 Å². The monoisotopic (exact) mass is 364 g/mol. The van der Waals surface area contributed by atoms with Crippen LogP contribution in [0.3, 0.4) is 0 Å². The van der Waals surface area contributed by atoms with Crippen molar-refractivity contribution in [2.24, 2.45) is 0 Å².